The highest BCUT2D eigenvalue weighted by atomic mass is 19.1. The topological polar surface area (TPSA) is 51.8 Å². The monoisotopic (exact) mass is 221 g/mol. The van der Waals surface area contributed by atoms with E-state index in [1.807, 2.05) is 0 Å². The normalized spacial score (nSPS) is 10.4. The Hall–Kier alpha value is -2.04. The van der Waals surface area contributed by atoms with Crippen LogP contribution < -0.4 is 5.73 Å². The van der Waals surface area contributed by atoms with Gasteiger partial charge in [0.1, 0.15) is 17.5 Å². The summed E-state index contributed by atoms with van der Waals surface area (Å²) in [4.78, 5) is 7.68. The molecule has 0 saturated heterocycles. The first-order chi connectivity index (χ1) is 7.58. The third kappa shape index (κ3) is 1.84. The molecule has 0 bridgehead atoms. The van der Waals surface area contributed by atoms with Gasteiger partial charge in [-0.1, -0.05) is 0 Å². The van der Waals surface area contributed by atoms with Gasteiger partial charge in [0.15, 0.2) is 5.82 Å². The molecule has 0 spiro atoms. The molecule has 1 aromatic carbocycles. The van der Waals surface area contributed by atoms with Crippen LogP contribution in [0.3, 0.4) is 0 Å². The lowest BCUT2D eigenvalue weighted by Crippen LogP contribution is -1.97. The molecule has 0 aliphatic carbocycles. The van der Waals surface area contributed by atoms with Gasteiger partial charge in [0.05, 0.1) is 5.56 Å². The summed E-state index contributed by atoms with van der Waals surface area (Å²) in [6, 6.07) is 3.66. The Balaban J connectivity index is 2.60. The third-order valence-corrected chi connectivity index (χ3v) is 2.17. The SMILES string of the molecule is Cc1cc(F)c(-c2nccc(N)n2)cc1F. The summed E-state index contributed by atoms with van der Waals surface area (Å²) in [6.07, 6.45) is 1.40. The number of nitrogens with two attached hydrogens (primary N) is 1. The molecule has 2 aromatic rings. The second-order valence-electron chi connectivity index (χ2n) is 3.39. The molecule has 0 fully saturated rings. The van der Waals surface area contributed by atoms with E-state index in [1.165, 1.54) is 19.2 Å². The van der Waals surface area contributed by atoms with Crippen molar-refractivity contribution in [1.29, 1.82) is 0 Å². The Morgan fingerprint density at radius 3 is 2.62 bits per heavy atom. The molecule has 0 aliphatic rings. The number of aryl methyl sites for hydroxylation is 1. The maximum absolute atomic E-state index is 13.6. The fraction of sp³-hybridized carbons (Fsp3) is 0.0909. The first kappa shape index (κ1) is 10.5. The summed E-state index contributed by atoms with van der Waals surface area (Å²) < 4.78 is 26.9. The second kappa shape index (κ2) is 3.84. The number of hydrogen-bond donors (Lipinski definition) is 1. The fourth-order valence-electron chi connectivity index (χ4n) is 1.32. The minimum atomic E-state index is -0.565. The van der Waals surface area contributed by atoms with Gasteiger partial charge in [-0.3, -0.25) is 0 Å². The third-order valence-electron chi connectivity index (χ3n) is 2.17. The van der Waals surface area contributed by atoms with Crippen LogP contribution in [-0.4, -0.2) is 9.97 Å². The number of benzene rings is 1. The van der Waals surface area contributed by atoms with E-state index in [2.05, 4.69) is 9.97 Å². The van der Waals surface area contributed by atoms with Crippen LogP contribution in [0, 0.1) is 18.6 Å². The van der Waals surface area contributed by atoms with Crippen molar-refractivity contribution in [3.8, 4) is 11.4 Å². The highest BCUT2D eigenvalue weighted by Crippen LogP contribution is 2.22. The summed E-state index contributed by atoms with van der Waals surface area (Å²) in [5.41, 5.74) is 5.70. The average molecular weight is 221 g/mol. The fourth-order valence-corrected chi connectivity index (χ4v) is 1.32. The van der Waals surface area contributed by atoms with Gasteiger partial charge in [0.2, 0.25) is 0 Å². The molecule has 0 atom stereocenters. The standard InChI is InChI=1S/C11H9F2N3/c1-6-4-9(13)7(5-8(6)12)11-15-3-2-10(14)16-11/h2-5H,1H3,(H2,14,15,16). The van der Waals surface area contributed by atoms with E-state index in [9.17, 15) is 8.78 Å². The molecule has 3 nitrogen and oxygen atoms in total. The van der Waals surface area contributed by atoms with E-state index >= 15 is 0 Å². The molecule has 0 aliphatic heterocycles. The maximum Gasteiger partial charge on any atom is 0.164 e. The van der Waals surface area contributed by atoms with Gasteiger partial charge in [-0.05, 0) is 30.7 Å². The van der Waals surface area contributed by atoms with Crippen LogP contribution in [0.15, 0.2) is 24.4 Å². The molecule has 16 heavy (non-hydrogen) atoms. The second-order valence-corrected chi connectivity index (χ2v) is 3.39. The predicted molar refractivity (Wildman–Crippen MR) is 56.5 cm³/mol. The first-order valence-corrected chi connectivity index (χ1v) is 4.62. The van der Waals surface area contributed by atoms with Gasteiger partial charge in [-0.15, -0.1) is 0 Å². The summed E-state index contributed by atoms with van der Waals surface area (Å²) in [5.74, 6) is -0.770. The maximum atomic E-state index is 13.6. The van der Waals surface area contributed by atoms with Gasteiger partial charge < -0.3 is 5.73 Å². The molecule has 2 N–H and O–H groups in total. The number of nitrogen functional groups attached to an aromatic ring is 1. The molecule has 5 heteroatoms. The van der Waals surface area contributed by atoms with Gasteiger partial charge in [-0.25, -0.2) is 18.7 Å². The average Bonchev–Trinajstić information content (AvgIpc) is 2.23. The number of nitrogens with zero attached hydrogens (tertiary/aromatic N) is 2. The van der Waals surface area contributed by atoms with Crippen LogP contribution in [-0.2, 0) is 0 Å². The summed E-state index contributed by atoms with van der Waals surface area (Å²) in [7, 11) is 0. The quantitative estimate of drug-likeness (QED) is 0.803. The lowest BCUT2D eigenvalue weighted by Gasteiger charge is -2.04. The molecule has 0 unspecified atom stereocenters. The Morgan fingerprint density at radius 1 is 1.19 bits per heavy atom. The van der Waals surface area contributed by atoms with E-state index in [0.717, 1.165) is 12.1 Å². The zero-order valence-electron chi connectivity index (χ0n) is 8.54. The van der Waals surface area contributed by atoms with Crippen molar-refractivity contribution in [2.75, 3.05) is 5.73 Å². The molecule has 2 rings (SSSR count). The Bertz CT molecular complexity index is 541. The smallest absolute Gasteiger partial charge is 0.164 e. The number of rotatable bonds is 1. The van der Waals surface area contributed by atoms with E-state index < -0.39 is 11.6 Å². The predicted octanol–water partition coefficient (Wildman–Crippen LogP) is 2.31. The van der Waals surface area contributed by atoms with Crippen LogP contribution in [0.4, 0.5) is 14.6 Å². The van der Waals surface area contributed by atoms with Crippen molar-refractivity contribution >= 4 is 5.82 Å². The number of halogens is 2. The van der Waals surface area contributed by atoms with Crippen molar-refractivity contribution in [3.05, 3.63) is 41.6 Å². The minimum Gasteiger partial charge on any atom is -0.384 e. The number of anilines is 1. The van der Waals surface area contributed by atoms with Crippen molar-refractivity contribution in [3.63, 3.8) is 0 Å². The van der Waals surface area contributed by atoms with Gasteiger partial charge in [-0.2, -0.15) is 0 Å². The lowest BCUT2D eigenvalue weighted by atomic mass is 10.1. The van der Waals surface area contributed by atoms with Crippen molar-refractivity contribution in [2.24, 2.45) is 0 Å². The zero-order chi connectivity index (χ0) is 11.7. The van der Waals surface area contributed by atoms with E-state index in [1.54, 1.807) is 0 Å². The van der Waals surface area contributed by atoms with E-state index in [-0.39, 0.29) is 22.8 Å². The molecule has 0 radical (unpaired) electrons. The van der Waals surface area contributed by atoms with E-state index in [4.69, 9.17) is 5.73 Å². The number of hydrogen-bond acceptors (Lipinski definition) is 3. The summed E-state index contributed by atoms with van der Waals surface area (Å²) in [5, 5.41) is 0. The summed E-state index contributed by atoms with van der Waals surface area (Å²) >= 11 is 0. The molecule has 0 saturated carbocycles. The van der Waals surface area contributed by atoms with Crippen LogP contribution in [0.25, 0.3) is 11.4 Å². The van der Waals surface area contributed by atoms with E-state index in [0.29, 0.717) is 0 Å². The van der Waals surface area contributed by atoms with Crippen molar-refractivity contribution < 1.29 is 8.78 Å². The lowest BCUT2D eigenvalue weighted by molar-refractivity contribution is 0.594. The molecular weight excluding hydrogens is 212 g/mol. The molecular formula is C11H9F2N3. The van der Waals surface area contributed by atoms with Crippen LogP contribution in [0.2, 0.25) is 0 Å². The molecule has 1 aromatic heterocycles. The molecule has 82 valence electrons. The Labute approximate surface area is 91.0 Å². The first-order valence-electron chi connectivity index (χ1n) is 4.62. The van der Waals surface area contributed by atoms with Crippen molar-refractivity contribution in [2.45, 2.75) is 6.92 Å². The molecule has 0 amide bonds. The highest BCUT2D eigenvalue weighted by molar-refractivity contribution is 5.58. The Morgan fingerprint density at radius 2 is 1.94 bits per heavy atom. The summed E-state index contributed by atoms with van der Waals surface area (Å²) in [6.45, 7) is 1.49. The zero-order valence-corrected chi connectivity index (χ0v) is 8.54. The number of aromatic nitrogens is 2. The van der Waals surface area contributed by atoms with Gasteiger partial charge >= 0.3 is 0 Å². The minimum absolute atomic E-state index is 0.00963. The largest absolute Gasteiger partial charge is 0.384 e. The Kier molecular flexibility index (Phi) is 2.52. The van der Waals surface area contributed by atoms with Gasteiger partial charge in [0, 0.05) is 6.20 Å². The van der Waals surface area contributed by atoms with Crippen LogP contribution in [0.5, 0.6) is 0 Å². The van der Waals surface area contributed by atoms with Crippen LogP contribution in [0.1, 0.15) is 5.56 Å². The molecule has 1 heterocycles. The van der Waals surface area contributed by atoms with Crippen molar-refractivity contribution in [1.82, 2.24) is 9.97 Å². The van der Waals surface area contributed by atoms with Gasteiger partial charge in [0.25, 0.3) is 0 Å². The van der Waals surface area contributed by atoms with Crippen LogP contribution >= 0.6 is 0 Å². The highest BCUT2D eigenvalue weighted by Gasteiger charge is 2.11.